The van der Waals surface area contributed by atoms with Crippen LogP contribution in [0.2, 0.25) is 0 Å². The molecule has 0 saturated heterocycles. The molecule has 0 spiro atoms. The van der Waals surface area contributed by atoms with Crippen molar-refractivity contribution >= 4 is 5.91 Å². The van der Waals surface area contributed by atoms with Gasteiger partial charge < -0.3 is 9.42 Å². The molecule has 0 radical (unpaired) electrons. The molecule has 0 bridgehead atoms. The van der Waals surface area contributed by atoms with Crippen LogP contribution in [0.5, 0.6) is 0 Å². The Balaban J connectivity index is 1.65. The zero-order chi connectivity index (χ0) is 19.1. The van der Waals surface area contributed by atoms with Crippen molar-refractivity contribution in [3.63, 3.8) is 0 Å². The molecule has 140 valence electrons. The first-order valence-corrected chi connectivity index (χ1v) is 9.01. The quantitative estimate of drug-likeness (QED) is 0.709. The van der Waals surface area contributed by atoms with Gasteiger partial charge in [0, 0.05) is 31.1 Å². The molecule has 2 aromatic heterocycles. The summed E-state index contributed by atoms with van der Waals surface area (Å²) >= 11 is 0. The van der Waals surface area contributed by atoms with Crippen LogP contribution in [0.15, 0.2) is 34.9 Å². The molecule has 1 aliphatic heterocycles. The summed E-state index contributed by atoms with van der Waals surface area (Å²) in [5.74, 6) is 0.509. The van der Waals surface area contributed by atoms with Crippen molar-refractivity contribution in [2.45, 2.75) is 32.7 Å². The predicted octanol–water partition coefficient (Wildman–Crippen LogP) is 3.54. The second-order valence-corrected chi connectivity index (χ2v) is 7.12. The van der Waals surface area contributed by atoms with Gasteiger partial charge in [-0.15, -0.1) is 0 Å². The molecule has 1 aromatic carbocycles. The van der Waals surface area contributed by atoms with E-state index in [1.54, 1.807) is 34.8 Å². The maximum absolute atomic E-state index is 14.2. The molecule has 0 unspecified atom stereocenters. The molecule has 0 aliphatic carbocycles. The number of fused-ring (bicyclic) bond motifs is 1. The van der Waals surface area contributed by atoms with Crippen LogP contribution < -0.4 is 0 Å². The van der Waals surface area contributed by atoms with Crippen LogP contribution in [0.3, 0.4) is 0 Å². The highest BCUT2D eigenvalue weighted by atomic mass is 19.1. The fourth-order valence-electron chi connectivity index (χ4n) is 3.38. The van der Waals surface area contributed by atoms with E-state index in [-0.39, 0.29) is 17.6 Å². The Morgan fingerprint density at radius 1 is 1.30 bits per heavy atom. The summed E-state index contributed by atoms with van der Waals surface area (Å²) in [7, 11) is 1.78. The molecule has 3 aromatic rings. The summed E-state index contributed by atoms with van der Waals surface area (Å²) in [5.41, 5.74) is 3.06. The Labute approximate surface area is 156 Å². The Kier molecular flexibility index (Phi) is 4.30. The van der Waals surface area contributed by atoms with E-state index in [0.29, 0.717) is 42.2 Å². The lowest BCUT2D eigenvalue weighted by Gasteiger charge is -2.26. The number of nitrogens with zero attached hydrogens (tertiary/aromatic N) is 4. The van der Waals surface area contributed by atoms with Crippen LogP contribution in [0.25, 0.3) is 11.3 Å². The SMILES string of the molecule is CC(C)c1cc(C(=O)N2CCc3onc(-c4ccccc4F)c3C2)n(C)n1. The number of hydrogen-bond donors (Lipinski definition) is 0. The number of carbonyl (C=O) groups is 1. The second kappa shape index (κ2) is 6.64. The molecule has 0 atom stereocenters. The van der Waals surface area contributed by atoms with Gasteiger partial charge in [-0.1, -0.05) is 31.1 Å². The lowest BCUT2D eigenvalue weighted by molar-refractivity contribution is 0.0718. The van der Waals surface area contributed by atoms with Crippen LogP contribution >= 0.6 is 0 Å². The van der Waals surface area contributed by atoms with E-state index in [1.165, 1.54) is 6.07 Å². The van der Waals surface area contributed by atoms with E-state index in [1.807, 2.05) is 19.9 Å². The minimum absolute atomic E-state index is 0.0942. The normalized spacial score (nSPS) is 13.9. The van der Waals surface area contributed by atoms with Gasteiger partial charge in [0.15, 0.2) is 0 Å². The first-order chi connectivity index (χ1) is 13.0. The average Bonchev–Trinajstić information content (AvgIpc) is 3.25. The first-order valence-electron chi connectivity index (χ1n) is 9.01. The molecule has 0 N–H and O–H groups in total. The molecular formula is C20H21FN4O2. The van der Waals surface area contributed by atoms with Crippen molar-refractivity contribution in [2.75, 3.05) is 6.54 Å². The minimum atomic E-state index is -0.356. The third-order valence-corrected chi connectivity index (χ3v) is 4.95. The zero-order valence-electron chi connectivity index (χ0n) is 15.6. The van der Waals surface area contributed by atoms with Crippen molar-refractivity contribution in [3.05, 3.63) is 58.9 Å². The van der Waals surface area contributed by atoms with Crippen LogP contribution in [-0.2, 0) is 20.0 Å². The van der Waals surface area contributed by atoms with Gasteiger partial charge in [-0.3, -0.25) is 9.48 Å². The van der Waals surface area contributed by atoms with Gasteiger partial charge in [-0.2, -0.15) is 5.10 Å². The minimum Gasteiger partial charge on any atom is -0.360 e. The molecule has 6 nitrogen and oxygen atoms in total. The number of hydrogen-bond acceptors (Lipinski definition) is 4. The van der Waals surface area contributed by atoms with Crippen LogP contribution in [0.4, 0.5) is 4.39 Å². The molecule has 0 fully saturated rings. The fraction of sp³-hybridized carbons (Fsp3) is 0.350. The summed E-state index contributed by atoms with van der Waals surface area (Å²) < 4.78 is 21.2. The molecule has 7 heteroatoms. The summed E-state index contributed by atoms with van der Waals surface area (Å²) in [6, 6.07) is 8.30. The molecule has 4 rings (SSSR count). The predicted molar refractivity (Wildman–Crippen MR) is 97.6 cm³/mol. The van der Waals surface area contributed by atoms with Gasteiger partial charge in [0.1, 0.15) is 23.0 Å². The third kappa shape index (κ3) is 3.03. The highest BCUT2D eigenvalue weighted by molar-refractivity contribution is 5.93. The van der Waals surface area contributed by atoms with E-state index >= 15 is 0 Å². The van der Waals surface area contributed by atoms with Crippen molar-refractivity contribution in [1.29, 1.82) is 0 Å². The van der Waals surface area contributed by atoms with Crippen LogP contribution in [0.1, 0.15) is 47.3 Å². The first kappa shape index (κ1) is 17.5. The van der Waals surface area contributed by atoms with E-state index in [9.17, 15) is 9.18 Å². The third-order valence-electron chi connectivity index (χ3n) is 4.95. The van der Waals surface area contributed by atoms with E-state index in [0.717, 1.165) is 11.3 Å². The topological polar surface area (TPSA) is 64.2 Å². The summed E-state index contributed by atoms with van der Waals surface area (Å²) in [6.45, 7) is 4.95. The number of benzene rings is 1. The smallest absolute Gasteiger partial charge is 0.272 e. The Morgan fingerprint density at radius 3 is 2.78 bits per heavy atom. The number of amides is 1. The number of aryl methyl sites for hydroxylation is 1. The second-order valence-electron chi connectivity index (χ2n) is 7.12. The molecule has 27 heavy (non-hydrogen) atoms. The van der Waals surface area contributed by atoms with Crippen molar-refractivity contribution in [2.24, 2.45) is 7.05 Å². The Hall–Kier alpha value is -2.96. The van der Waals surface area contributed by atoms with Gasteiger partial charge in [-0.25, -0.2) is 4.39 Å². The van der Waals surface area contributed by atoms with Gasteiger partial charge in [0.05, 0.1) is 12.2 Å². The molecular weight excluding hydrogens is 347 g/mol. The van der Waals surface area contributed by atoms with E-state index < -0.39 is 0 Å². The lowest BCUT2D eigenvalue weighted by Crippen LogP contribution is -2.36. The highest BCUT2D eigenvalue weighted by Crippen LogP contribution is 2.32. The van der Waals surface area contributed by atoms with E-state index in [4.69, 9.17) is 4.52 Å². The maximum atomic E-state index is 14.2. The van der Waals surface area contributed by atoms with Gasteiger partial charge in [-0.05, 0) is 24.1 Å². The standard InChI is InChI=1S/C20H21FN4O2/c1-12(2)16-10-17(24(3)22-16)20(26)25-9-8-18-14(11-25)19(23-27-18)13-6-4-5-7-15(13)21/h4-7,10,12H,8-9,11H2,1-3H3. The van der Waals surface area contributed by atoms with Gasteiger partial charge >= 0.3 is 0 Å². The van der Waals surface area contributed by atoms with Crippen LogP contribution in [-0.4, -0.2) is 32.3 Å². The Bertz CT molecular complexity index is 1010. The summed E-state index contributed by atoms with van der Waals surface area (Å²) in [6.07, 6.45) is 0.553. The van der Waals surface area contributed by atoms with Crippen molar-refractivity contribution in [1.82, 2.24) is 19.8 Å². The highest BCUT2D eigenvalue weighted by Gasteiger charge is 2.30. The number of rotatable bonds is 3. The maximum Gasteiger partial charge on any atom is 0.272 e. The number of halogens is 1. The fourth-order valence-corrected chi connectivity index (χ4v) is 3.38. The van der Waals surface area contributed by atoms with Crippen LogP contribution in [0, 0.1) is 5.82 Å². The van der Waals surface area contributed by atoms with Gasteiger partial charge in [0.2, 0.25) is 0 Å². The van der Waals surface area contributed by atoms with Crippen molar-refractivity contribution in [3.8, 4) is 11.3 Å². The Morgan fingerprint density at radius 2 is 2.07 bits per heavy atom. The van der Waals surface area contributed by atoms with Gasteiger partial charge in [0.25, 0.3) is 5.91 Å². The zero-order valence-corrected chi connectivity index (χ0v) is 15.6. The molecule has 1 aliphatic rings. The number of carbonyl (C=O) groups excluding carboxylic acids is 1. The summed E-state index contributed by atoms with van der Waals surface area (Å²) in [4.78, 5) is 14.8. The van der Waals surface area contributed by atoms with Crippen molar-refractivity contribution < 1.29 is 13.7 Å². The average molecular weight is 368 g/mol. The summed E-state index contributed by atoms with van der Waals surface area (Å²) in [5, 5.41) is 8.50. The molecule has 0 saturated carbocycles. The molecule has 1 amide bonds. The monoisotopic (exact) mass is 368 g/mol. The van der Waals surface area contributed by atoms with E-state index in [2.05, 4.69) is 10.3 Å². The largest absolute Gasteiger partial charge is 0.360 e. The lowest BCUT2D eigenvalue weighted by atomic mass is 10.0. The number of aromatic nitrogens is 3. The molecule has 3 heterocycles.